The van der Waals surface area contributed by atoms with Crippen molar-refractivity contribution in [3.8, 4) is 11.8 Å². The predicted octanol–water partition coefficient (Wildman–Crippen LogP) is 3.79. The Morgan fingerprint density at radius 3 is 2.53 bits per heavy atom. The molecule has 164 valence electrons. The van der Waals surface area contributed by atoms with Crippen molar-refractivity contribution < 1.29 is 9.53 Å². The minimum absolute atomic E-state index is 0.0408. The van der Waals surface area contributed by atoms with Gasteiger partial charge in [-0.3, -0.25) is 9.69 Å². The first-order valence-corrected chi connectivity index (χ1v) is 11.1. The Hall–Kier alpha value is -3.56. The molecular weight excluding hydrogens is 400 g/mol. The molecule has 1 fully saturated rings. The molecule has 32 heavy (non-hydrogen) atoms. The first-order valence-electron chi connectivity index (χ1n) is 11.1. The van der Waals surface area contributed by atoms with Crippen molar-refractivity contribution in [1.82, 2.24) is 14.4 Å². The number of nitrogens with zero attached hydrogens (tertiary/aromatic N) is 4. The van der Waals surface area contributed by atoms with Gasteiger partial charge in [-0.05, 0) is 24.3 Å². The Morgan fingerprint density at radius 1 is 1.00 bits per heavy atom. The Balaban J connectivity index is 1.29. The van der Waals surface area contributed by atoms with E-state index in [1.54, 1.807) is 6.08 Å². The summed E-state index contributed by atoms with van der Waals surface area (Å²) in [5, 5.41) is 10.0. The van der Waals surface area contributed by atoms with Gasteiger partial charge >= 0.3 is 0 Å². The summed E-state index contributed by atoms with van der Waals surface area (Å²) in [5.74, 6) is 0.930. The Bertz CT molecular complexity index is 1110. The normalized spacial score (nSPS) is 14.7. The van der Waals surface area contributed by atoms with E-state index in [0.717, 1.165) is 54.9 Å². The van der Waals surface area contributed by atoms with Crippen LogP contribution in [0.1, 0.15) is 12.0 Å². The first-order chi connectivity index (χ1) is 15.7. The largest absolute Gasteiger partial charge is 0.492 e. The van der Waals surface area contributed by atoms with Gasteiger partial charge in [0, 0.05) is 68.0 Å². The minimum Gasteiger partial charge on any atom is -0.492 e. The summed E-state index contributed by atoms with van der Waals surface area (Å²) in [5.41, 5.74) is 2.09. The maximum absolute atomic E-state index is 12.7. The number of ether oxygens (including phenoxy) is 1. The van der Waals surface area contributed by atoms with Crippen LogP contribution in [-0.2, 0) is 11.3 Å². The lowest BCUT2D eigenvalue weighted by atomic mass is 10.1. The highest BCUT2D eigenvalue weighted by Gasteiger charge is 2.19. The molecule has 0 bridgehead atoms. The fraction of sp³-hybridized carbons (Fsp3) is 0.308. The second-order valence-electron chi connectivity index (χ2n) is 7.86. The molecule has 1 aliphatic rings. The number of hydrogen-bond donors (Lipinski definition) is 0. The Morgan fingerprint density at radius 2 is 1.75 bits per heavy atom. The molecule has 3 aromatic rings. The zero-order valence-electron chi connectivity index (χ0n) is 18.2. The molecule has 1 amide bonds. The number of rotatable bonds is 8. The van der Waals surface area contributed by atoms with E-state index in [0.29, 0.717) is 19.6 Å². The molecule has 0 saturated carbocycles. The quantitative estimate of drug-likeness (QED) is 0.512. The lowest BCUT2D eigenvalue weighted by Gasteiger charge is -2.34. The second-order valence-corrected chi connectivity index (χ2v) is 7.86. The van der Waals surface area contributed by atoms with Crippen LogP contribution in [0.2, 0.25) is 0 Å². The molecule has 0 N–H and O–H groups in total. The third-order valence-corrected chi connectivity index (χ3v) is 5.79. The summed E-state index contributed by atoms with van der Waals surface area (Å²) in [6.07, 6.45) is 6.05. The molecule has 1 saturated heterocycles. The Kier molecular flexibility index (Phi) is 7.21. The molecule has 1 aliphatic heterocycles. The van der Waals surface area contributed by atoms with Crippen LogP contribution in [0, 0.1) is 11.3 Å². The van der Waals surface area contributed by atoms with Gasteiger partial charge in [-0.2, -0.15) is 5.26 Å². The lowest BCUT2D eigenvalue weighted by molar-refractivity contribution is -0.127. The van der Waals surface area contributed by atoms with E-state index in [-0.39, 0.29) is 5.91 Å². The molecule has 0 unspecified atom stereocenters. The fourth-order valence-electron chi connectivity index (χ4n) is 4.03. The maximum Gasteiger partial charge on any atom is 0.246 e. The summed E-state index contributed by atoms with van der Waals surface area (Å²) in [4.78, 5) is 17.0. The number of hydrogen-bond acceptors (Lipinski definition) is 4. The molecule has 2 aromatic carbocycles. The van der Waals surface area contributed by atoms with Crippen LogP contribution in [0.4, 0.5) is 0 Å². The third kappa shape index (κ3) is 5.37. The average molecular weight is 429 g/mol. The van der Waals surface area contributed by atoms with Crippen molar-refractivity contribution in [3.63, 3.8) is 0 Å². The highest BCUT2D eigenvalue weighted by molar-refractivity contribution is 5.96. The van der Waals surface area contributed by atoms with Gasteiger partial charge in [0.05, 0.1) is 12.5 Å². The van der Waals surface area contributed by atoms with Gasteiger partial charge in [-0.25, -0.2) is 0 Å². The number of carbonyl (C=O) groups excluding carboxylic acids is 1. The van der Waals surface area contributed by atoms with Crippen LogP contribution < -0.4 is 4.74 Å². The second kappa shape index (κ2) is 10.7. The van der Waals surface area contributed by atoms with E-state index < -0.39 is 0 Å². The highest BCUT2D eigenvalue weighted by Crippen LogP contribution is 2.23. The molecule has 1 aromatic heterocycles. The topological polar surface area (TPSA) is 61.5 Å². The van der Waals surface area contributed by atoms with Gasteiger partial charge in [-0.15, -0.1) is 0 Å². The minimum atomic E-state index is 0.0408. The number of amides is 1. The van der Waals surface area contributed by atoms with E-state index in [2.05, 4.69) is 21.6 Å². The maximum atomic E-state index is 12.7. The van der Waals surface area contributed by atoms with Crippen LogP contribution in [0.5, 0.6) is 5.75 Å². The van der Waals surface area contributed by atoms with Crippen LogP contribution >= 0.6 is 0 Å². The van der Waals surface area contributed by atoms with Crippen molar-refractivity contribution in [2.45, 2.75) is 13.0 Å². The highest BCUT2D eigenvalue weighted by atomic mass is 16.5. The molecule has 4 rings (SSSR count). The third-order valence-electron chi connectivity index (χ3n) is 5.79. The van der Waals surface area contributed by atoms with Gasteiger partial charge in [0.2, 0.25) is 5.91 Å². The summed E-state index contributed by atoms with van der Waals surface area (Å²) in [6.45, 7) is 5.30. The molecule has 6 nitrogen and oxygen atoms in total. The van der Waals surface area contributed by atoms with Gasteiger partial charge in [0.15, 0.2) is 0 Å². The molecule has 2 heterocycles. The van der Waals surface area contributed by atoms with E-state index >= 15 is 0 Å². The van der Waals surface area contributed by atoms with Crippen molar-refractivity contribution in [1.29, 1.82) is 5.26 Å². The summed E-state index contributed by atoms with van der Waals surface area (Å²) in [7, 11) is 0. The van der Waals surface area contributed by atoms with Crippen molar-refractivity contribution in [2.24, 2.45) is 0 Å². The van der Waals surface area contributed by atoms with Gasteiger partial charge in [-0.1, -0.05) is 36.4 Å². The molecular formula is C26H28N4O2. The lowest BCUT2D eigenvalue weighted by Crippen LogP contribution is -2.49. The van der Waals surface area contributed by atoms with E-state index in [4.69, 9.17) is 10.00 Å². The number of fused-ring (bicyclic) bond motifs is 1. The van der Waals surface area contributed by atoms with Crippen LogP contribution in [0.25, 0.3) is 17.0 Å². The summed E-state index contributed by atoms with van der Waals surface area (Å²) < 4.78 is 7.86. The standard InChI is InChI=1S/C26H28N4O2/c27-13-6-14-30-21-22(24-9-4-5-10-25(24)30)11-12-26(31)29-17-15-28(16-18-29)19-20-32-23-7-2-1-3-8-23/h1-5,7-12,21H,6,14-20H2. The predicted molar refractivity (Wildman–Crippen MR) is 126 cm³/mol. The van der Waals surface area contributed by atoms with E-state index in [1.807, 2.05) is 65.7 Å². The SMILES string of the molecule is N#CCCn1cc(C=CC(=O)N2CCN(CCOc3ccccc3)CC2)c2ccccc21. The summed E-state index contributed by atoms with van der Waals surface area (Å²) >= 11 is 0. The van der Waals surface area contributed by atoms with Gasteiger partial charge in [0.25, 0.3) is 0 Å². The smallest absolute Gasteiger partial charge is 0.246 e. The summed E-state index contributed by atoms with van der Waals surface area (Å²) in [6, 6.07) is 20.1. The van der Waals surface area contributed by atoms with Gasteiger partial charge in [0.1, 0.15) is 12.4 Å². The average Bonchev–Trinajstić information content (AvgIpc) is 3.20. The molecule has 0 atom stereocenters. The van der Waals surface area contributed by atoms with Crippen molar-refractivity contribution in [3.05, 3.63) is 72.4 Å². The van der Waals surface area contributed by atoms with E-state index in [9.17, 15) is 4.79 Å². The number of aromatic nitrogens is 1. The number of aryl methyl sites for hydroxylation is 1. The number of piperazine rings is 1. The molecule has 0 spiro atoms. The Labute approximate surface area is 188 Å². The number of carbonyl (C=O) groups is 1. The number of nitriles is 1. The zero-order chi connectivity index (χ0) is 22.2. The van der Waals surface area contributed by atoms with E-state index in [1.165, 1.54) is 0 Å². The monoisotopic (exact) mass is 428 g/mol. The number of benzene rings is 2. The molecule has 0 radical (unpaired) electrons. The molecule has 0 aliphatic carbocycles. The van der Waals surface area contributed by atoms with Gasteiger partial charge < -0.3 is 14.2 Å². The van der Waals surface area contributed by atoms with Crippen LogP contribution in [-0.4, -0.2) is 59.6 Å². The molecule has 6 heteroatoms. The number of para-hydroxylation sites is 2. The zero-order valence-corrected chi connectivity index (χ0v) is 18.2. The fourth-order valence-corrected chi connectivity index (χ4v) is 4.03. The van der Waals surface area contributed by atoms with Crippen LogP contribution in [0.3, 0.4) is 0 Å². The van der Waals surface area contributed by atoms with Crippen LogP contribution in [0.15, 0.2) is 66.9 Å². The van der Waals surface area contributed by atoms with Crippen molar-refractivity contribution >= 4 is 22.9 Å². The first kappa shape index (κ1) is 21.7. The van der Waals surface area contributed by atoms with Crippen molar-refractivity contribution in [2.75, 3.05) is 39.3 Å².